The molecule has 0 radical (unpaired) electrons. The summed E-state index contributed by atoms with van der Waals surface area (Å²) in [6, 6.07) is 22.6. The first-order chi connectivity index (χ1) is 20.6. The fourth-order valence-electron chi connectivity index (χ4n) is 5.10. The molecule has 1 fully saturated rings. The van der Waals surface area contributed by atoms with Gasteiger partial charge in [0.05, 0.1) is 6.42 Å². The molecule has 0 unspecified atom stereocenters. The van der Waals surface area contributed by atoms with Gasteiger partial charge >= 0.3 is 24.0 Å². The molecule has 0 aromatic heterocycles. The summed E-state index contributed by atoms with van der Waals surface area (Å²) in [6.45, 7) is 2.52. The maximum absolute atomic E-state index is 13.4. The summed E-state index contributed by atoms with van der Waals surface area (Å²) >= 11 is 0. The maximum Gasteiger partial charge on any atom is 0.407 e. The van der Waals surface area contributed by atoms with Crippen molar-refractivity contribution in [1.82, 2.24) is 5.32 Å². The minimum absolute atomic E-state index is 0.0681. The summed E-state index contributed by atoms with van der Waals surface area (Å²) in [6.07, 6.45) is -1.81. The molecule has 0 bridgehead atoms. The lowest BCUT2D eigenvalue weighted by Gasteiger charge is -2.33. The monoisotopic (exact) mass is 587 g/mol. The van der Waals surface area contributed by atoms with E-state index in [1.165, 1.54) is 13.8 Å². The molecular formula is C32H29NO10. The molecule has 1 aliphatic carbocycles. The van der Waals surface area contributed by atoms with E-state index < -0.39 is 54.0 Å². The van der Waals surface area contributed by atoms with Crippen molar-refractivity contribution in [3.8, 4) is 11.1 Å². The molecule has 11 heteroatoms. The molecule has 5 rings (SSSR count). The predicted octanol–water partition coefficient (Wildman–Crippen LogP) is 3.98. The molecule has 1 aliphatic heterocycles. The minimum atomic E-state index is -2.02. The number of fused-ring (bicyclic) bond motifs is 3. The van der Waals surface area contributed by atoms with Gasteiger partial charge in [-0.05, 0) is 27.8 Å². The third kappa shape index (κ3) is 6.73. The Balaban J connectivity index is 1.27. The zero-order valence-corrected chi connectivity index (χ0v) is 23.4. The van der Waals surface area contributed by atoms with Crippen LogP contribution in [0.25, 0.3) is 11.1 Å². The number of alkyl carbamates (subject to hydrolysis) is 1. The van der Waals surface area contributed by atoms with Gasteiger partial charge in [-0.15, -0.1) is 0 Å². The van der Waals surface area contributed by atoms with E-state index in [1.54, 1.807) is 24.3 Å². The van der Waals surface area contributed by atoms with Gasteiger partial charge in [-0.1, -0.05) is 78.9 Å². The lowest BCUT2D eigenvalue weighted by atomic mass is 9.95. The van der Waals surface area contributed by atoms with E-state index in [0.29, 0.717) is 0 Å². The summed E-state index contributed by atoms with van der Waals surface area (Å²) in [5, 5.41) is 2.30. The van der Waals surface area contributed by atoms with Crippen LogP contribution in [0.4, 0.5) is 4.79 Å². The lowest BCUT2D eigenvalue weighted by Crippen LogP contribution is -2.54. The highest BCUT2D eigenvalue weighted by Gasteiger charge is 2.49. The molecule has 0 spiro atoms. The number of cyclic esters (lactones) is 2. The standard InChI is InChI=1S/C32H29NO10/c1-32(2)41-29(36)27(30(37)42-32)28(35)25(16-26(34)43-40-17-19-10-4-3-5-11-19)33-31(38)39-18-24-22-14-8-6-12-20(22)21-13-7-9-15-23(21)24/h3-15,24-25,27H,16-18H2,1-2H3,(H,33,38)/t25-/m1/s1. The lowest BCUT2D eigenvalue weighted by molar-refractivity contribution is -0.280. The number of nitrogens with one attached hydrogen (secondary N) is 1. The normalized spacial score (nSPS) is 16.2. The Labute approximate surface area is 246 Å². The van der Waals surface area contributed by atoms with E-state index in [9.17, 15) is 24.0 Å². The minimum Gasteiger partial charge on any atom is -0.449 e. The highest BCUT2D eigenvalue weighted by molar-refractivity contribution is 6.18. The van der Waals surface area contributed by atoms with Crippen molar-refractivity contribution >= 4 is 29.8 Å². The number of carbonyl (C=O) groups excluding carboxylic acids is 5. The van der Waals surface area contributed by atoms with E-state index in [2.05, 4.69) is 5.32 Å². The third-order valence-corrected chi connectivity index (χ3v) is 7.02. The highest BCUT2D eigenvalue weighted by Crippen LogP contribution is 2.44. The van der Waals surface area contributed by atoms with Gasteiger partial charge in [-0.3, -0.25) is 19.3 Å². The second kappa shape index (κ2) is 12.5. The van der Waals surface area contributed by atoms with Gasteiger partial charge in [0, 0.05) is 19.8 Å². The smallest absolute Gasteiger partial charge is 0.407 e. The number of esters is 2. The molecule has 43 heavy (non-hydrogen) atoms. The maximum atomic E-state index is 13.4. The molecule has 1 atom stereocenters. The topological polar surface area (TPSA) is 144 Å². The van der Waals surface area contributed by atoms with Gasteiger partial charge in [0.15, 0.2) is 5.78 Å². The Bertz CT molecular complexity index is 1480. The molecule has 3 aromatic rings. The number of ketones is 1. The van der Waals surface area contributed by atoms with Crippen molar-refractivity contribution in [3.63, 3.8) is 0 Å². The van der Waals surface area contributed by atoms with Crippen LogP contribution in [0.5, 0.6) is 0 Å². The van der Waals surface area contributed by atoms with Crippen molar-refractivity contribution in [1.29, 1.82) is 0 Å². The fourth-order valence-corrected chi connectivity index (χ4v) is 5.10. The van der Waals surface area contributed by atoms with Crippen molar-refractivity contribution in [2.75, 3.05) is 6.61 Å². The Morgan fingerprint density at radius 1 is 0.837 bits per heavy atom. The number of amides is 1. The molecule has 1 saturated heterocycles. The quantitative estimate of drug-likeness (QED) is 0.160. The number of carbonyl (C=O) groups is 5. The summed E-state index contributed by atoms with van der Waals surface area (Å²) in [5.74, 6) is -8.37. The summed E-state index contributed by atoms with van der Waals surface area (Å²) < 4.78 is 15.6. The van der Waals surface area contributed by atoms with Crippen molar-refractivity contribution in [3.05, 3.63) is 95.6 Å². The molecule has 1 N–H and O–H groups in total. The van der Waals surface area contributed by atoms with Crippen LogP contribution in [0.15, 0.2) is 78.9 Å². The zero-order valence-electron chi connectivity index (χ0n) is 23.4. The van der Waals surface area contributed by atoms with E-state index in [4.69, 9.17) is 24.0 Å². The van der Waals surface area contributed by atoms with Crippen LogP contribution >= 0.6 is 0 Å². The SMILES string of the molecule is CC1(C)OC(=O)C(C(=O)[C@@H](CC(=O)OOCc2ccccc2)NC(=O)OCC2c3ccccc3-c3ccccc32)C(=O)O1. The molecular weight excluding hydrogens is 558 g/mol. The first kappa shape index (κ1) is 29.5. The van der Waals surface area contributed by atoms with E-state index >= 15 is 0 Å². The van der Waals surface area contributed by atoms with Crippen LogP contribution in [0.1, 0.15) is 42.9 Å². The van der Waals surface area contributed by atoms with E-state index in [0.717, 1.165) is 27.8 Å². The van der Waals surface area contributed by atoms with Gasteiger partial charge in [0.25, 0.3) is 5.79 Å². The van der Waals surface area contributed by atoms with Gasteiger partial charge in [0.1, 0.15) is 19.3 Å². The first-order valence-electron chi connectivity index (χ1n) is 13.6. The highest BCUT2D eigenvalue weighted by atomic mass is 17.2. The molecule has 0 saturated carbocycles. The van der Waals surface area contributed by atoms with Crippen LogP contribution in [0.3, 0.4) is 0 Å². The third-order valence-electron chi connectivity index (χ3n) is 7.02. The average Bonchev–Trinajstić information content (AvgIpc) is 3.29. The van der Waals surface area contributed by atoms with Crippen LogP contribution in [0, 0.1) is 5.92 Å². The number of hydrogen-bond acceptors (Lipinski definition) is 10. The molecule has 1 amide bonds. The summed E-state index contributed by atoms with van der Waals surface area (Å²) in [7, 11) is 0. The predicted molar refractivity (Wildman–Crippen MR) is 149 cm³/mol. The summed E-state index contributed by atoms with van der Waals surface area (Å²) in [4.78, 5) is 73.8. The Morgan fingerprint density at radius 2 is 1.40 bits per heavy atom. The summed E-state index contributed by atoms with van der Waals surface area (Å²) in [5.41, 5.74) is 4.71. The number of Topliss-reactive ketones (excluding diaryl/α,β-unsaturated/α-hetero) is 1. The zero-order chi connectivity index (χ0) is 30.6. The molecule has 11 nitrogen and oxygen atoms in total. The van der Waals surface area contributed by atoms with Gasteiger partial charge < -0.3 is 19.5 Å². The van der Waals surface area contributed by atoms with E-state index in [-0.39, 0.29) is 19.1 Å². The molecule has 222 valence electrons. The van der Waals surface area contributed by atoms with Crippen molar-refractivity contribution < 1.29 is 48.0 Å². The van der Waals surface area contributed by atoms with Crippen LogP contribution in [0.2, 0.25) is 0 Å². The second-order valence-corrected chi connectivity index (χ2v) is 10.5. The largest absolute Gasteiger partial charge is 0.449 e. The fraction of sp³-hybridized carbons (Fsp3) is 0.281. The van der Waals surface area contributed by atoms with Crippen molar-refractivity contribution in [2.24, 2.45) is 5.92 Å². The van der Waals surface area contributed by atoms with Crippen molar-refractivity contribution in [2.45, 2.75) is 44.6 Å². The molecule has 2 aliphatic rings. The number of hydrogen-bond donors (Lipinski definition) is 1. The van der Waals surface area contributed by atoms with Crippen LogP contribution < -0.4 is 5.32 Å². The average molecular weight is 588 g/mol. The Hall–Kier alpha value is -5.03. The Morgan fingerprint density at radius 3 is 2.00 bits per heavy atom. The van der Waals surface area contributed by atoms with Gasteiger partial charge in [-0.2, -0.15) is 4.89 Å². The molecule has 1 heterocycles. The second-order valence-electron chi connectivity index (χ2n) is 10.5. The number of benzene rings is 3. The van der Waals surface area contributed by atoms with E-state index in [1.807, 2.05) is 54.6 Å². The van der Waals surface area contributed by atoms with Crippen LogP contribution in [-0.4, -0.2) is 48.2 Å². The number of rotatable bonds is 10. The first-order valence-corrected chi connectivity index (χ1v) is 13.6. The van der Waals surface area contributed by atoms with Crippen LogP contribution in [-0.2, 0) is 49.8 Å². The number of ether oxygens (including phenoxy) is 3. The van der Waals surface area contributed by atoms with Gasteiger partial charge in [-0.25, -0.2) is 9.59 Å². The molecule has 3 aromatic carbocycles. The van der Waals surface area contributed by atoms with Gasteiger partial charge in [0.2, 0.25) is 5.92 Å². The Kier molecular flexibility index (Phi) is 8.53.